The maximum atomic E-state index is 6.09. The first kappa shape index (κ1) is 16.4. The van der Waals surface area contributed by atoms with Crippen molar-refractivity contribution in [1.82, 2.24) is 0 Å². The van der Waals surface area contributed by atoms with Gasteiger partial charge in [0.2, 0.25) is 0 Å². The van der Waals surface area contributed by atoms with E-state index in [0.717, 1.165) is 45.6 Å². The summed E-state index contributed by atoms with van der Waals surface area (Å²) in [5.74, 6) is 0. The first-order valence-corrected chi connectivity index (χ1v) is 7.95. The number of hydrogen-bond donors (Lipinski definition) is 1. The predicted octanol–water partition coefficient (Wildman–Crippen LogP) is 2.86. The smallest absolute Gasteiger partial charge is 0.0888 e. The zero-order chi connectivity index (χ0) is 16.8. The second-order valence-corrected chi connectivity index (χ2v) is 5.98. The number of nitrogens with two attached hydrogens (primary N) is 1. The average molecular weight is 382 g/mol. The summed E-state index contributed by atoms with van der Waals surface area (Å²) in [5.41, 5.74) is 13.3. The van der Waals surface area contributed by atoms with E-state index < -0.39 is 0 Å². The molecule has 0 unspecified atom stereocenters. The third-order valence-electron chi connectivity index (χ3n) is 4.07. The Bertz CT molecular complexity index is 1080. The fourth-order valence-corrected chi connectivity index (χ4v) is 2.92. The van der Waals surface area contributed by atoms with Gasteiger partial charge in [0.1, 0.15) is 0 Å². The number of rotatable bonds is 0. The van der Waals surface area contributed by atoms with Crippen molar-refractivity contribution in [2.75, 3.05) is 0 Å². The van der Waals surface area contributed by atoms with Crippen LogP contribution in [0.4, 0.5) is 0 Å². The monoisotopic (exact) mass is 381 g/mol. The number of allylic oxidation sites excluding steroid dienone is 11. The molecule has 6 heteroatoms. The van der Waals surface area contributed by atoms with Gasteiger partial charge in [-0.15, -0.1) is 0 Å². The first-order chi connectivity index (χ1) is 12.2. The van der Waals surface area contributed by atoms with Crippen LogP contribution in [0.25, 0.3) is 0 Å². The van der Waals surface area contributed by atoms with Crippen LogP contribution in [-0.4, -0.2) is 22.8 Å². The minimum Gasteiger partial charge on any atom is -0.397 e. The van der Waals surface area contributed by atoms with E-state index in [0.29, 0.717) is 5.70 Å². The van der Waals surface area contributed by atoms with Crippen LogP contribution in [0, 0.1) is 0 Å². The molecule has 128 valence electrons. The summed E-state index contributed by atoms with van der Waals surface area (Å²) < 4.78 is 0. The van der Waals surface area contributed by atoms with Gasteiger partial charge >= 0.3 is 0 Å². The molecule has 0 atom stereocenters. The summed E-state index contributed by atoms with van der Waals surface area (Å²) >= 11 is 0. The Hall–Kier alpha value is -3.11. The van der Waals surface area contributed by atoms with Gasteiger partial charge in [-0.1, -0.05) is 0 Å². The SMILES string of the molecule is NC1=CC2=CC3=NC(=CC4=NC(=CC5=NC(=CC1=N2)C=C5)C=C4)C=C3.[Ni]. The summed E-state index contributed by atoms with van der Waals surface area (Å²) in [6.07, 6.45) is 21.3. The van der Waals surface area contributed by atoms with Gasteiger partial charge in [0.15, 0.2) is 0 Å². The second kappa shape index (κ2) is 6.32. The summed E-state index contributed by atoms with van der Waals surface area (Å²) in [6.45, 7) is 0. The van der Waals surface area contributed by atoms with Gasteiger partial charge in [0, 0.05) is 16.5 Å². The van der Waals surface area contributed by atoms with E-state index in [-0.39, 0.29) is 16.5 Å². The van der Waals surface area contributed by atoms with E-state index in [1.165, 1.54) is 0 Å². The van der Waals surface area contributed by atoms with Crippen molar-refractivity contribution in [1.29, 1.82) is 0 Å². The quantitative estimate of drug-likeness (QED) is 0.643. The fraction of sp³-hybridized carbons (Fsp3) is 0. The molecule has 5 heterocycles. The van der Waals surface area contributed by atoms with Crippen molar-refractivity contribution in [3.63, 3.8) is 0 Å². The zero-order valence-electron chi connectivity index (χ0n) is 13.5. The number of fused-ring (bicyclic) bond motifs is 4. The molecule has 0 fully saturated rings. The van der Waals surface area contributed by atoms with E-state index in [9.17, 15) is 0 Å². The molecule has 5 aliphatic rings. The molecule has 0 aliphatic carbocycles. The summed E-state index contributed by atoms with van der Waals surface area (Å²) in [4.78, 5) is 18.3. The van der Waals surface area contributed by atoms with Gasteiger partial charge in [0.05, 0.1) is 51.3 Å². The Morgan fingerprint density at radius 1 is 0.500 bits per heavy atom. The summed E-state index contributed by atoms with van der Waals surface area (Å²) in [5, 5.41) is 0. The molecule has 0 saturated heterocycles. The Morgan fingerprint density at radius 3 is 1.50 bits per heavy atom. The Kier molecular flexibility index (Phi) is 3.98. The van der Waals surface area contributed by atoms with Crippen molar-refractivity contribution >= 4 is 22.8 Å². The van der Waals surface area contributed by atoms with Crippen LogP contribution in [0.5, 0.6) is 0 Å². The van der Waals surface area contributed by atoms with Gasteiger partial charge in [0.25, 0.3) is 0 Å². The van der Waals surface area contributed by atoms with Crippen LogP contribution < -0.4 is 5.73 Å². The fourth-order valence-electron chi connectivity index (χ4n) is 2.92. The van der Waals surface area contributed by atoms with Crippen LogP contribution in [-0.2, 0) is 16.5 Å². The van der Waals surface area contributed by atoms with Gasteiger partial charge in [-0.3, -0.25) is 0 Å². The predicted molar refractivity (Wildman–Crippen MR) is 102 cm³/mol. The normalized spacial score (nSPS) is 21.8. The number of aliphatic imine (C=N–C) groups is 4. The molecule has 26 heavy (non-hydrogen) atoms. The van der Waals surface area contributed by atoms with Crippen molar-refractivity contribution in [3.05, 3.63) is 95.3 Å². The van der Waals surface area contributed by atoms with E-state index >= 15 is 0 Å². The van der Waals surface area contributed by atoms with Gasteiger partial charge < -0.3 is 5.73 Å². The molecule has 8 bridgehead atoms. The molecule has 5 aliphatic heterocycles. The Morgan fingerprint density at radius 2 is 0.962 bits per heavy atom. The molecule has 0 amide bonds. The maximum Gasteiger partial charge on any atom is 0.0888 e. The molecule has 0 aromatic carbocycles. The molecule has 0 radical (unpaired) electrons. The molecule has 0 aromatic heterocycles. The molecule has 0 spiro atoms. The molecule has 0 saturated carbocycles. The van der Waals surface area contributed by atoms with E-state index in [1.807, 2.05) is 66.8 Å². The Balaban J connectivity index is 0.00000168. The number of hydrogen-bond acceptors (Lipinski definition) is 5. The van der Waals surface area contributed by atoms with Gasteiger partial charge in [-0.05, 0) is 66.8 Å². The van der Waals surface area contributed by atoms with E-state index in [4.69, 9.17) is 5.73 Å². The third-order valence-corrected chi connectivity index (χ3v) is 4.07. The minimum atomic E-state index is 0. The van der Waals surface area contributed by atoms with E-state index in [2.05, 4.69) is 20.0 Å². The van der Waals surface area contributed by atoms with Crippen LogP contribution >= 0.6 is 0 Å². The Labute approximate surface area is 160 Å². The zero-order valence-corrected chi connectivity index (χ0v) is 14.5. The van der Waals surface area contributed by atoms with Crippen molar-refractivity contribution in [2.45, 2.75) is 0 Å². The molecule has 5 rings (SSSR count). The second-order valence-electron chi connectivity index (χ2n) is 5.98. The molecule has 5 nitrogen and oxygen atoms in total. The number of nitrogens with zero attached hydrogens (tertiary/aromatic N) is 4. The van der Waals surface area contributed by atoms with Crippen molar-refractivity contribution in [2.24, 2.45) is 25.7 Å². The van der Waals surface area contributed by atoms with Crippen LogP contribution in [0.1, 0.15) is 0 Å². The summed E-state index contributed by atoms with van der Waals surface area (Å²) in [7, 11) is 0. The third kappa shape index (κ3) is 3.07. The largest absolute Gasteiger partial charge is 0.397 e. The average Bonchev–Trinajstić information content (AvgIpc) is 3.33. The summed E-state index contributed by atoms with van der Waals surface area (Å²) in [6, 6.07) is 0. The van der Waals surface area contributed by atoms with Gasteiger partial charge in [-0.2, -0.15) is 0 Å². The molecule has 2 N–H and O–H groups in total. The topological polar surface area (TPSA) is 75.5 Å². The maximum absolute atomic E-state index is 6.09. The van der Waals surface area contributed by atoms with Crippen LogP contribution in [0.2, 0.25) is 0 Å². The standard InChI is InChI=1S/C20H13N5.Ni/c21-19-10-18-9-16-4-3-14(23-16)7-12-1-2-13(22-12)8-15-5-6-17(24-15)11-20(19)25-18;/h1-11H,21H2;. The first-order valence-electron chi connectivity index (χ1n) is 7.95. The molecule has 0 aromatic rings. The minimum absolute atomic E-state index is 0. The van der Waals surface area contributed by atoms with Gasteiger partial charge in [-0.25, -0.2) is 20.0 Å². The van der Waals surface area contributed by atoms with Crippen molar-refractivity contribution < 1.29 is 16.5 Å². The molecular formula is C20H13N5Ni. The van der Waals surface area contributed by atoms with E-state index in [1.54, 1.807) is 0 Å². The van der Waals surface area contributed by atoms with Crippen molar-refractivity contribution in [3.8, 4) is 0 Å². The van der Waals surface area contributed by atoms with Crippen LogP contribution in [0.3, 0.4) is 0 Å². The molecular weight excluding hydrogens is 369 g/mol. The van der Waals surface area contributed by atoms with Crippen LogP contribution in [0.15, 0.2) is 115 Å².